The smallest absolute Gasteiger partial charge is 0.333 e. The summed E-state index contributed by atoms with van der Waals surface area (Å²) < 4.78 is 0. The van der Waals surface area contributed by atoms with Crippen LogP contribution < -0.4 is 5.32 Å². The van der Waals surface area contributed by atoms with Gasteiger partial charge in [-0.2, -0.15) is 0 Å². The lowest BCUT2D eigenvalue weighted by Crippen LogP contribution is -2.48. The number of hydrogen-bond donors (Lipinski definition) is 1. The van der Waals surface area contributed by atoms with Gasteiger partial charge in [0.2, 0.25) is 0 Å². The number of hydrogen-bond acceptors (Lipinski definition) is 2. The number of amides is 2. The summed E-state index contributed by atoms with van der Waals surface area (Å²) in [5, 5.41) is 4.41. The van der Waals surface area contributed by atoms with Gasteiger partial charge >= 0.3 is 6.03 Å². The van der Waals surface area contributed by atoms with Crippen LogP contribution in [0.25, 0.3) is 0 Å². The molecule has 1 N–H and O–H groups in total. The zero-order chi connectivity index (χ0) is 9.10. The number of nitrogens with zero attached hydrogens (tertiary/aromatic N) is 1. The van der Waals surface area contributed by atoms with Crippen LogP contribution in [0.2, 0.25) is 0 Å². The third-order valence-electron chi connectivity index (χ3n) is 2.66. The molecule has 1 heterocycles. The fraction of sp³-hybridized carbons (Fsp3) is 0.889. The largest absolute Gasteiger partial charge is 0.341 e. The SMILES string of the molecule is O=C(NC1CCC1)N1CCCCO1. The van der Waals surface area contributed by atoms with E-state index in [0.29, 0.717) is 12.6 Å². The van der Waals surface area contributed by atoms with E-state index in [1.54, 1.807) is 0 Å². The molecule has 1 aliphatic carbocycles. The van der Waals surface area contributed by atoms with Crippen molar-refractivity contribution >= 4 is 6.03 Å². The Labute approximate surface area is 78.2 Å². The van der Waals surface area contributed by atoms with E-state index >= 15 is 0 Å². The molecule has 2 rings (SSSR count). The van der Waals surface area contributed by atoms with E-state index in [2.05, 4.69) is 5.32 Å². The number of hydroxylamine groups is 2. The van der Waals surface area contributed by atoms with Crippen LogP contribution in [0.1, 0.15) is 32.1 Å². The van der Waals surface area contributed by atoms with Crippen LogP contribution in [0.15, 0.2) is 0 Å². The number of urea groups is 1. The van der Waals surface area contributed by atoms with Gasteiger partial charge in [-0.3, -0.25) is 4.84 Å². The van der Waals surface area contributed by atoms with Crippen LogP contribution >= 0.6 is 0 Å². The van der Waals surface area contributed by atoms with Gasteiger partial charge in [-0.05, 0) is 32.1 Å². The van der Waals surface area contributed by atoms with Crippen molar-refractivity contribution in [3.05, 3.63) is 0 Å². The van der Waals surface area contributed by atoms with E-state index in [-0.39, 0.29) is 6.03 Å². The molecule has 2 fully saturated rings. The van der Waals surface area contributed by atoms with E-state index in [1.807, 2.05) is 0 Å². The van der Waals surface area contributed by atoms with E-state index < -0.39 is 0 Å². The van der Waals surface area contributed by atoms with E-state index in [4.69, 9.17) is 4.84 Å². The predicted molar refractivity (Wildman–Crippen MR) is 48.1 cm³/mol. The maximum Gasteiger partial charge on any atom is 0.341 e. The monoisotopic (exact) mass is 184 g/mol. The second kappa shape index (κ2) is 3.96. The van der Waals surface area contributed by atoms with Crippen molar-refractivity contribution in [1.29, 1.82) is 0 Å². The van der Waals surface area contributed by atoms with Crippen molar-refractivity contribution in [1.82, 2.24) is 10.4 Å². The highest BCUT2D eigenvalue weighted by Crippen LogP contribution is 2.18. The van der Waals surface area contributed by atoms with Gasteiger partial charge in [0.25, 0.3) is 0 Å². The van der Waals surface area contributed by atoms with Gasteiger partial charge in [-0.1, -0.05) is 0 Å². The molecule has 2 aliphatic rings. The highest BCUT2D eigenvalue weighted by atomic mass is 16.7. The second-order valence-corrected chi connectivity index (χ2v) is 3.72. The van der Waals surface area contributed by atoms with Crippen molar-refractivity contribution in [3.8, 4) is 0 Å². The average Bonchev–Trinajstić information content (AvgIpc) is 2.12. The molecule has 0 aromatic heterocycles. The first kappa shape index (κ1) is 8.81. The van der Waals surface area contributed by atoms with Gasteiger partial charge in [0.05, 0.1) is 13.2 Å². The van der Waals surface area contributed by atoms with E-state index in [9.17, 15) is 4.79 Å². The summed E-state index contributed by atoms with van der Waals surface area (Å²) in [6, 6.07) is 0.349. The minimum atomic E-state index is -0.0515. The first-order chi connectivity index (χ1) is 6.36. The quantitative estimate of drug-likeness (QED) is 0.667. The van der Waals surface area contributed by atoms with Gasteiger partial charge < -0.3 is 5.32 Å². The molecule has 1 aliphatic heterocycles. The molecule has 1 saturated heterocycles. The molecule has 0 aromatic rings. The molecule has 0 radical (unpaired) electrons. The van der Waals surface area contributed by atoms with Crippen molar-refractivity contribution in [3.63, 3.8) is 0 Å². The van der Waals surface area contributed by atoms with Crippen LogP contribution in [0, 0.1) is 0 Å². The van der Waals surface area contributed by atoms with Crippen LogP contribution in [0.4, 0.5) is 4.79 Å². The molecule has 13 heavy (non-hydrogen) atoms. The predicted octanol–water partition coefficient (Wildman–Crippen LogP) is 1.28. The molecule has 0 atom stereocenters. The van der Waals surface area contributed by atoms with Crippen molar-refractivity contribution < 1.29 is 9.63 Å². The Balaban J connectivity index is 1.74. The first-order valence-electron chi connectivity index (χ1n) is 5.07. The molecule has 4 heteroatoms. The van der Waals surface area contributed by atoms with Crippen LogP contribution in [0.3, 0.4) is 0 Å². The third kappa shape index (κ3) is 2.12. The molecule has 0 aromatic carbocycles. The van der Waals surface area contributed by atoms with Crippen molar-refractivity contribution in [2.45, 2.75) is 38.1 Å². The standard InChI is InChI=1S/C9H16N2O2/c12-9(10-8-4-3-5-8)11-6-1-2-7-13-11/h8H,1-7H2,(H,10,12). The minimum absolute atomic E-state index is 0.0515. The fourth-order valence-corrected chi connectivity index (χ4v) is 1.56. The van der Waals surface area contributed by atoms with E-state index in [0.717, 1.165) is 32.2 Å². The number of rotatable bonds is 1. The number of carbonyl (C=O) groups excluding carboxylic acids is 1. The highest BCUT2D eigenvalue weighted by Gasteiger charge is 2.24. The average molecular weight is 184 g/mol. The summed E-state index contributed by atoms with van der Waals surface area (Å²) in [6.45, 7) is 1.41. The Kier molecular flexibility index (Phi) is 2.68. The summed E-state index contributed by atoms with van der Waals surface area (Å²) >= 11 is 0. The van der Waals surface area contributed by atoms with Crippen LogP contribution in [0.5, 0.6) is 0 Å². The minimum Gasteiger partial charge on any atom is -0.333 e. The normalized spacial score (nSPS) is 23.8. The summed E-state index contributed by atoms with van der Waals surface area (Å²) in [4.78, 5) is 16.7. The molecule has 4 nitrogen and oxygen atoms in total. The molecule has 0 spiro atoms. The topological polar surface area (TPSA) is 41.6 Å². The van der Waals surface area contributed by atoms with Crippen LogP contribution in [-0.4, -0.2) is 30.3 Å². The number of nitrogens with one attached hydrogen (secondary N) is 1. The highest BCUT2D eigenvalue weighted by molar-refractivity contribution is 5.73. The summed E-state index contributed by atoms with van der Waals surface area (Å²) in [5.41, 5.74) is 0. The fourth-order valence-electron chi connectivity index (χ4n) is 1.56. The molecule has 2 amide bonds. The second-order valence-electron chi connectivity index (χ2n) is 3.72. The van der Waals surface area contributed by atoms with Crippen molar-refractivity contribution in [2.24, 2.45) is 0 Å². The first-order valence-corrected chi connectivity index (χ1v) is 5.07. The maximum absolute atomic E-state index is 11.5. The Morgan fingerprint density at radius 1 is 1.31 bits per heavy atom. The zero-order valence-corrected chi connectivity index (χ0v) is 7.79. The third-order valence-corrected chi connectivity index (χ3v) is 2.66. The molecule has 74 valence electrons. The molecular formula is C9H16N2O2. The van der Waals surface area contributed by atoms with Gasteiger partial charge in [0.1, 0.15) is 0 Å². The van der Waals surface area contributed by atoms with Crippen LogP contribution in [-0.2, 0) is 4.84 Å². The lowest BCUT2D eigenvalue weighted by atomic mass is 9.93. The Bertz CT molecular complexity index is 186. The Morgan fingerprint density at radius 2 is 2.15 bits per heavy atom. The molecule has 0 bridgehead atoms. The lowest BCUT2D eigenvalue weighted by molar-refractivity contribution is -0.140. The Hall–Kier alpha value is -0.770. The van der Waals surface area contributed by atoms with Gasteiger partial charge in [0, 0.05) is 6.04 Å². The lowest BCUT2D eigenvalue weighted by Gasteiger charge is -2.31. The van der Waals surface area contributed by atoms with Gasteiger partial charge in [-0.25, -0.2) is 9.86 Å². The van der Waals surface area contributed by atoms with E-state index in [1.165, 1.54) is 11.5 Å². The molecular weight excluding hydrogens is 168 g/mol. The Morgan fingerprint density at radius 3 is 2.69 bits per heavy atom. The summed E-state index contributed by atoms with van der Waals surface area (Å²) in [6.07, 6.45) is 5.61. The van der Waals surface area contributed by atoms with Crippen molar-refractivity contribution in [2.75, 3.05) is 13.2 Å². The summed E-state index contributed by atoms with van der Waals surface area (Å²) in [5.74, 6) is 0. The maximum atomic E-state index is 11.5. The molecule has 0 unspecified atom stereocenters. The van der Waals surface area contributed by atoms with Gasteiger partial charge in [-0.15, -0.1) is 0 Å². The molecule has 1 saturated carbocycles. The number of carbonyl (C=O) groups is 1. The van der Waals surface area contributed by atoms with Gasteiger partial charge in [0.15, 0.2) is 0 Å². The summed E-state index contributed by atoms with van der Waals surface area (Å²) in [7, 11) is 0. The zero-order valence-electron chi connectivity index (χ0n) is 7.79.